The summed E-state index contributed by atoms with van der Waals surface area (Å²) >= 11 is 0. The molecular weight excluding hydrogens is 630 g/mol. The molecule has 48 heavy (non-hydrogen) atoms. The third-order valence-electron chi connectivity index (χ3n) is 8.56. The van der Waals surface area contributed by atoms with E-state index in [4.69, 9.17) is 0 Å². The van der Waals surface area contributed by atoms with E-state index < -0.39 is 35.0 Å². The first-order valence-electron chi connectivity index (χ1n) is 15.5. The number of fused-ring (bicyclic) bond motifs is 2. The van der Waals surface area contributed by atoms with Gasteiger partial charge in [0.2, 0.25) is 0 Å². The number of ether oxygens (including phenoxy) is 2. The molecule has 6 rings (SSSR count). The summed E-state index contributed by atoms with van der Waals surface area (Å²) in [6, 6.07) is 8.10. The number of H-pyrrole nitrogens is 2. The van der Waals surface area contributed by atoms with Crippen LogP contribution in [0.5, 0.6) is 0 Å². The average Bonchev–Trinajstić information content (AvgIpc) is 3.09. The number of aromatic nitrogens is 4. The SMILES string of the molecule is COC(=O)c1cc(Cn2c3c(c(=O)[nH]c2=O)CCCC3)ccc1F.COC(=O)c1cc(Cn2c3c(c(=O)[nH]c2=O)CCCC3)ccc1F. The summed E-state index contributed by atoms with van der Waals surface area (Å²) in [5, 5.41) is 0. The van der Waals surface area contributed by atoms with E-state index >= 15 is 0 Å². The normalized spacial score (nSPS) is 13.4. The minimum Gasteiger partial charge on any atom is -0.465 e. The van der Waals surface area contributed by atoms with E-state index in [1.807, 2.05) is 0 Å². The Balaban J connectivity index is 0.000000188. The number of benzene rings is 2. The molecule has 0 amide bonds. The van der Waals surface area contributed by atoms with Crippen molar-refractivity contribution in [3.8, 4) is 0 Å². The molecule has 2 aromatic heterocycles. The van der Waals surface area contributed by atoms with Crippen molar-refractivity contribution in [3.05, 3.63) is 134 Å². The Morgan fingerprint density at radius 3 is 1.40 bits per heavy atom. The maximum atomic E-state index is 13.7. The highest BCUT2D eigenvalue weighted by Crippen LogP contribution is 2.20. The van der Waals surface area contributed by atoms with Gasteiger partial charge in [-0.25, -0.2) is 28.0 Å². The molecule has 0 saturated carbocycles. The van der Waals surface area contributed by atoms with E-state index in [1.54, 1.807) is 0 Å². The van der Waals surface area contributed by atoms with E-state index in [9.17, 15) is 37.5 Å². The number of aromatic amines is 2. The van der Waals surface area contributed by atoms with Crippen LogP contribution in [-0.4, -0.2) is 45.3 Å². The summed E-state index contributed by atoms with van der Waals surface area (Å²) < 4.78 is 39.6. The Labute approximate surface area is 272 Å². The maximum absolute atomic E-state index is 13.7. The third kappa shape index (κ3) is 7.11. The molecule has 0 radical (unpaired) electrons. The van der Waals surface area contributed by atoms with Crippen molar-refractivity contribution in [2.75, 3.05) is 14.2 Å². The predicted molar refractivity (Wildman–Crippen MR) is 170 cm³/mol. The Hall–Kier alpha value is -5.40. The van der Waals surface area contributed by atoms with Crippen LogP contribution in [0.1, 0.15) is 80.0 Å². The van der Waals surface area contributed by atoms with Gasteiger partial charge in [-0.15, -0.1) is 0 Å². The lowest BCUT2D eigenvalue weighted by Crippen LogP contribution is -2.37. The molecule has 0 unspecified atom stereocenters. The first kappa shape index (κ1) is 33.9. The first-order valence-corrected chi connectivity index (χ1v) is 15.5. The number of carbonyl (C=O) groups is 2. The number of carbonyl (C=O) groups excluding carboxylic acids is 2. The van der Waals surface area contributed by atoms with Gasteiger partial charge in [0, 0.05) is 22.5 Å². The molecular formula is C34H34F2N4O8. The van der Waals surface area contributed by atoms with Crippen LogP contribution >= 0.6 is 0 Å². The van der Waals surface area contributed by atoms with Crippen molar-refractivity contribution in [1.82, 2.24) is 19.1 Å². The molecule has 0 aliphatic heterocycles. The minimum atomic E-state index is -0.773. The van der Waals surface area contributed by atoms with Crippen LogP contribution in [0.2, 0.25) is 0 Å². The number of esters is 2. The van der Waals surface area contributed by atoms with Gasteiger partial charge in [-0.05, 0) is 86.8 Å². The molecule has 0 bridgehead atoms. The van der Waals surface area contributed by atoms with Crippen LogP contribution in [0.15, 0.2) is 55.6 Å². The standard InChI is InChI=1S/2C17H17FN2O4/c2*1-24-16(22)12-8-10(6-7-13(12)18)9-20-14-5-3-2-4-11(14)15(21)19-17(20)23/h2*6-8H,2-5,9H2,1H3,(H,19,21,23). The van der Waals surface area contributed by atoms with Crippen molar-refractivity contribution < 1.29 is 27.8 Å². The van der Waals surface area contributed by atoms with Crippen molar-refractivity contribution in [2.45, 2.75) is 64.5 Å². The van der Waals surface area contributed by atoms with Gasteiger partial charge in [0.15, 0.2) is 0 Å². The Bertz CT molecular complexity index is 1980. The molecule has 2 aliphatic rings. The summed E-state index contributed by atoms with van der Waals surface area (Å²) in [6.07, 6.45) is 6.23. The van der Waals surface area contributed by atoms with Crippen molar-refractivity contribution in [1.29, 1.82) is 0 Å². The highest BCUT2D eigenvalue weighted by atomic mass is 19.1. The molecule has 0 saturated heterocycles. The average molecular weight is 665 g/mol. The second-order valence-electron chi connectivity index (χ2n) is 11.6. The lowest BCUT2D eigenvalue weighted by atomic mass is 9.96. The van der Waals surface area contributed by atoms with E-state index in [2.05, 4.69) is 19.4 Å². The number of hydrogen-bond acceptors (Lipinski definition) is 8. The summed E-state index contributed by atoms with van der Waals surface area (Å²) in [5.41, 5.74) is 1.86. The second kappa shape index (κ2) is 14.6. The van der Waals surface area contributed by atoms with E-state index in [0.717, 1.165) is 37.1 Å². The van der Waals surface area contributed by atoms with Crippen molar-refractivity contribution in [2.24, 2.45) is 0 Å². The molecule has 12 nitrogen and oxygen atoms in total. The number of nitrogens with zero attached hydrogens (tertiary/aromatic N) is 2. The quantitative estimate of drug-likeness (QED) is 0.298. The van der Waals surface area contributed by atoms with Crippen LogP contribution in [0.4, 0.5) is 8.78 Å². The zero-order valence-corrected chi connectivity index (χ0v) is 26.5. The van der Waals surface area contributed by atoms with E-state index in [0.29, 0.717) is 47.9 Å². The molecule has 4 aromatic rings. The van der Waals surface area contributed by atoms with Gasteiger partial charge in [-0.2, -0.15) is 0 Å². The van der Waals surface area contributed by atoms with Gasteiger partial charge in [-0.3, -0.25) is 28.7 Å². The summed E-state index contributed by atoms with van der Waals surface area (Å²) in [4.78, 5) is 76.1. The number of halogens is 2. The number of methoxy groups -OCH3 is 2. The summed E-state index contributed by atoms with van der Waals surface area (Å²) in [5.74, 6) is -2.90. The zero-order valence-electron chi connectivity index (χ0n) is 26.5. The molecule has 2 aromatic carbocycles. The molecule has 252 valence electrons. The smallest absolute Gasteiger partial charge is 0.340 e. The van der Waals surface area contributed by atoms with Crippen molar-refractivity contribution >= 4 is 11.9 Å². The fourth-order valence-electron chi connectivity index (χ4n) is 6.16. The fourth-order valence-corrected chi connectivity index (χ4v) is 6.16. The second-order valence-corrected chi connectivity index (χ2v) is 11.6. The van der Waals surface area contributed by atoms with Crippen molar-refractivity contribution in [3.63, 3.8) is 0 Å². The Morgan fingerprint density at radius 2 is 1.02 bits per heavy atom. The molecule has 2 heterocycles. The van der Waals surface area contributed by atoms with Crippen LogP contribution in [0.25, 0.3) is 0 Å². The number of rotatable bonds is 6. The van der Waals surface area contributed by atoms with Gasteiger partial charge in [-0.1, -0.05) is 12.1 Å². The van der Waals surface area contributed by atoms with Crippen LogP contribution in [0.3, 0.4) is 0 Å². The summed E-state index contributed by atoms with van der Waals surface area (Å²) in [7, 11) is 2.36. The van der Waals surface area contributed by atoms with E-state index in [-0.39, 0.29) is 35.3 Å². The molecule has 2 aliphatic carbocycles. The van der Waals surface area contributed by atoms with E-state index in [1.165, 1.54) is 59.8 Å². The van der Waals surface area contributed by atoms with Gasteiger partial charge in [0.1, 0.15) is 11.6 Å². The van der Waals surface area contributed by atoms with Crippen LogP contribution in [-0.2, 0) is 48.2 Å². The number of nitrogens with one attached hydrogen (secondary N) is 2. The molecule has 14 heteroatoms. The Morgan fingerprint density at radius 1 is 0.646 bits per heavy atom. The molecule has 0 atom stereocenters. The minimum absolute atomic E-state index is 0.155. The largest absolute Gasteiger partial charge is 0.465 e. The number of hydrogen-bond donors (Lipinski definition) is 2. The zero-order chi connectivity index (χ0) is 34.5. The maximum Gasteiger partial charge on any atom is 0.340 e. The predicted octanol–water partition coefficient (Wildman–Crippen LogP) is 2.78. The van der Waals surface area contributed by atoms with Gasteiger partial charge >= 0.3 is 23.3 Å². The highest BCUT2D eigenvalue weighted by Gasteiger charge is 2.21. The van der Waals surface area contributed by atoms with Crippen LogP contribution in [0, 0.1) is 11.6 Å². The Kier molecular flexibility index (Phi) is 10.3. The summed E-state index contributed by atoms with van der Waals surface area (Å²) in [6.45, 7) is 0.310. The fraction of sp³-hybridized carbons (Fsp3) is 0.353. The lowest BCUT2D eigenvalue weighted by molar-refractivity contribution is 0.0586. The highest BCUT2D eigenvalue weighted by molar-refractivity contribution is 5.90. The third-order valence-corrected chi connectivity index (χ3v) is 8.56. The molecule has 2 N–H and O–H groups in total. The van der Waals surface area contributed by atoms with Crippen LogP contribution < -0.4 is 22.5 Å². The van der Waals surface area contributed by atoms with Gasteiger partial charge in [0.25, 0.3) is 11.1 Å². The van der Waals surface area contributed by atoms with Gasteiger partial charge < -0.3 is 9.47 Å². The monoisotopic (exact) mass is 664 g/mol. The molecule has 0 spiro atoms. The van der Waals surface area contributed by atoms with Gasteiger partial charge in [0.05, 0.1) is 38.4 Å². The first-order chi connectivity index (χ1) is 23.0. The molecule has 0 fully saturated rings. The topological polar surface area (TPSA) is 162 Å². The lowest BCUT2D eigenvalue weighted by Gasteiger charge is -2.20.